The number of carbonyl (C=O) groups is 3. The van der Waals surface area contributed by atoms with Gasteiger partial charge in [-0.15, -0.1) is 0 Å². The third kappa shape index (κ3) is 6.53. The molecule has 0 saturated carbocycles. The van der Waals surface area contributed by atoms with Crippen molar-refractivity contribution in [3.05, 3.63) is 35.9 Å². The van der Waals surface area contributed by atoms with Crippen LogP contribution in [-0.2, 0) is 20.8 Å². The Hall–Kier alpha value is -2.41. The smallest absolute Gasteiger partial charge is 0.243 e. The lowest BCUT2D eigenvalue weighted by molar-refractivity contribution is -0.129. The molecule has 7 heteroatoms. The van der Waals surface area contributed by atoms with Gasteiger partial charge in [0.2, 0.25) is 17.7 Å². The van der Waals surface area contributed by atoms with Gasteiger partial charge in [-0.1, -0.05) is 30.3 Å². The van der Waals surface area contributed by atoms with Gasteiger partial charge in [-0.05, 0) is 12.6 Å². The molecule has 3 amide bonds. The highest BCUT2D eigenvalue weighted by Crippen LogP contribution is 2.03. The van der Waals surface area contributed by atoms with E-state index < -0.39 is 17.9 Å². The molecule has 0 saturated heterocycles. The highest BCUT2D eigenvalue weighted by Gasteiger charge is 2.21. The van der Waals surface area contributed by atoms with E-state index in [1.165, 1.54) is 0 Å². The van der Waals surface area contributed by atoms with Gasteiger partial charge in [-0.3, -0.25) is 14.4 Å². The maximum atomic E-state index is 12.0. The van der Waals surface area contributed by atoms with Gasteiger partial charge in [0.1, 0.15) is 6.04 Å². The third-order valence-electron chi connectivity index (χ3n) is 2.71. The van der Waals surface area contributed by atoms with Gasteiger partial charge in [-0.25, -0.2) is 0 Å². The first-order chi connectivity index (χ1) is 10.0. The Balaban J connectivity index is 2.71. The first kappa shape index (κ1) is 16.6. The zero-order chi connectivity index (χ0) is 15.7. The fourth-order valence-corrected chi connectivity index (χ4v) is 1.76. The van der Waals surface area contributed by atoms with E-state index in [9.17, 15) is 14.4 Å². The van der Waals surface area contributed by atoms with Crippen LogP contribution in [0.2, 0.25) is 0 Å². The summed E-state index contributed by atoms with van der Waals surface area (Å²) in [5.41, 5.74) is 5.90. The number of likely N-dealkylation sites (N-methyl/N-ethyl adjacent to an activating group) is 1. The van der Waals surface area contributed by atoms with Crippen molar-refractivity contribution in [2.45, 2.75) is 12.5 Å². The maximum Gasteiger partial charge on any atom is 0.243 e. The Bertz CT molecular complexity index is 490. The summed E-state index contributed by atoms with van der Waals surface area (Å²) in [5, 5.41) is 7.73. The normalized spacial score (nSPS) is 11.5. The molecule has 0 unspecified atom stereocenters. The highest BCUT2D eigenvalue weighted by atomic mass is 16.2. The average Bonchev–Trinajstić information content (AvgIpc) is 2.45. The molecule has 0 radical (unpaired) electrons. The predicted molar refractivity (Wildman–Crippen MR) is 78.2 cm³/mol. The third-order valence-corrected chi connectivity index (χ3v) is 2.71. The van der Waals surface area contributed by atoms with Crippen molar-refractivity contribution in [3.63, 3.8) is 0 Å². The van der Waals surface area contributed by atoms with Crippen molar-refractivity contribution in [1.29, 1.82) is 0 Å². The van der Waals surface area contributed by atoms with E-state index in [2.05, 4.69) is 16.0 Å². The molecule has 114 valence electrons. The molecule has 0 heterocycles. The molecule has 7 nitrogen and oxygen atoms in total. The SMILES string of the molecule is CNCC(=O)N[C@@H](Cc1ccccc1)C(=O)NCC(N)=O. The van der Waals surface area contributed by atoms with Gasteiger partial charge in [-0.2, -0.15) is 0 Å². The van der Waals surface area contributed by atoms with E-state index >= 15 is 0 Å². The highest BCUT2D eigenvalue weighted by molar-refractivity contribution is 5.90. The van der Waals surface area contributed by atoms with Gasteiger partial charge >= 0.3 is 0 Å². The first-order valence-corrected chi connectivity index (χ1v) is 6.57. The molecule has 0 aliphatic heterocycles. The van der Waals surface area contributed by atoms with Gasteiger partial charge in [0, 0.05) is 6.42 Å². The van der Waals surface area contributed by atoms with Crippen LogP contribution in [0.5, 0.6) is 0 Å². The molecule has 0 bridgehead atoms. The van der Waals surface area contributed by atoms with Crippen LogP contribution in [0.25, 0.3) is 0 Å². The van der Waals surface area contributed by atoms with Crippen LogP contribution in [0, 0.1) is 0 Å². The monoisotopic (exact) mass is 292 g/mol. The van der Waals surface area contributed by atoms with Gasteiger partial charge in [0.25, 0.3) is 0 Å². The number of hydrogen-bond acceptors (Lipinski definition) is 4. The summed E-state index contributed by atoms with van der Waals surface area (Å²) >= 11 is 0. The fourth-order valence-electron chi connectivity index (χ4n) is 1.76. The Morgan fingerprint density at radius 1 is 1.14 bits per heavy atom. The predicted octanol–water partition coefficient (Wildman–Crippen LogP) is -1.47. The largest absolute Gasteiger partial charge is 0.368 e. The number of carbonyl (C=O) groups excluding carboxylic acids is 3. The molecule has 0 spiro atoms. The zero-order valence-electron chi connectivity index (χ0n) is 11.9. The van der Waals surface area contributed by atoms with Gasteiger partial charge in [0.05, 0.1) is 13.1 Å². The summed E-state index contributed by atoms with van der Waals surface area (Å²) in [6.07, 6.45) is 0.334. The minimum absolute atomic E-state index is 0.106. The van der Waals surface area contributed by atoms with Crippen LogP contribution in [0.1, 0.15) is 5.56 Å². The fraction of sp³-hybridized carbons (Fsp3) is 0.357. The number of nitrogens with one attached hydrogen (secondary N) is 3. The van der Waals surface area contributed by atoms with Crippen molar-refractivity contribution in [2.24, 2.45) is 5.73 Å². The second kappa shape index (κ2) is 8.70. The zero-order valence-corrected chi connectivity index (χ0v) is 11.9. The van der Waals surface area contributed by atoms with Crippen LogP contribution in [0.4, 0.5) is 0 Å². The molecule has 21 heavy (non-hydrogen) atoms. The van der Waals surface area contributed by atoms with Crippen molar-refractivity contribution in [2.75, 3.05) is 20.1 Å². The van der Waals surface area contributed by atoms with Crippen LogP contribution in [0.3, 0.4) is 0 Å². The Morgan fingerprint density at radius 2 is 1.81 bits per heavy atom. The van der Waals surface area contributed by atoms with E-state index in [0.717, 1.165) is 5.56 Å². The molecular weight excluding hydrogens is 272 g/mol. The summed E-state index contributed by atoms with van der Waals surface area (Å²) in [7, 11) is 1.64. The molecular formula is C14H20N4O3. The number of hydrogen-bond donors (Lipinski definition) is 4. The van der Waals surface area contributed by atoms with Crippen molar-refractivity contribution >= 4 is 17.7 Å². The van der Waals surface area contributed by atoms with E-state index in [-0.39, 0.29) is 19.0 Å². The van der Waals surface area contributed by atoms with Gasteiger partial charge in [0.15, 0.2) is 0 Å². The maximum absolute atomic E-state index is 12.0. The van der Waals surface area contributed by atoms with E-state index in [1.807, 2.05) is 30.3 Å². The number of benzene rings is 1. The van der Waals surface area contributed by atoms with Crippen LogP contribution >= 0.6 is 0 Å². The Labute approximate surface area is 123 Å². The van der Waals surface area contributed by atoms with Crippen LogP contribution < -0.4 is 21.7 Å². The average molecular weight is 292 g/mol. The summed E-state index contributed by atoms with van der Waals surface area (Å²) in [6.45, 7) is -0.152. The molecule has 5 N–H and O–H groups in total. The Kier molecular flexibility index (Phi) is 6.90. The first-order valence-electron chi connectivity index (χ1n) is 6.57. The molecule has 0 aliphatic rings. The number of amides is 3. The summed E-state index contributed by atoms with van der Waals surface area (Å²) < 4.78 is 0. The molecule has 1 aromatic carbocycles. The number of rotatable bonds is 8. The van der Waals surface area contributed by atoms with Gasteiger partial charge < -0.3 is 21.7 Å². The lowest BCUT2D eigenvalue weighted by Gasteiger charge is -2.18. The minimum Gasteiger partial charge on any atom is -0.368 e. The summed E-state index contributed by atoms with van der Waals surface area (Å²) in [6, 6.07) is 8.53. The van der Waals surface area contributed by atoms with Crippen LogP contribution in [-0.4, -0.2) is 43.9 Å². The molecule has 0 fully saturated rings. The topological polar surface area (TPSA) is 113 Å². The lowest BCUT2D eigenvalue weighted by atomic mass is 10.1. The second-order valence-electron chi connectivity index (χ2n) is 4.52. The van der Waals surface area contributed by atoms with E-state index in [1.54, 1.807) is 7.05 Å². The van der Waals surface area contributed by atoms with Crippen molar-refractivity contribution in [3.8, 4) is 0 Å². The number of primary amides is 1. The Morgan fingerprint density at radius 3 is 2.38 bits per heavy atom. The summed E-state index contributed by atoms with van der Waals surface area (Å²) in [5.74, 6) is -1.38. The van der Waals surface area contributed by atoms with E-state index in [4.69, 9.17) is 5.73 Å². The molecule has 0 aliphatic carbocycles. The quantitative estimate of drug-likeness (QED) is 0.468. The second-order valence-corrected chi connectivity index (χ2v) is 4.52. The lowest BCUT2D eigenvalue weighted by Crippen LogP contribution is -2.51. The molecule has 1 aromatic rings. The van der Waals surface area contributed by atoms with E-state index in [0.29, 0.717) is 6.42 Å². The standard InChI is InChI=1S/C14H20N4O3/c1-16-9-13(20)18-11(14(21)17-8-12(15)19)7-10-5-3-2-4-6-10/h2-6,11,16H,7-9H2,1H3,(H2,15,19)(H,17,21)(H,18,20)/t11-/m0/s1. The number of nitrogens with two attached hydrogens (primary N) is 1. The van der Waals surface area contributed by atoms with Crippen molar-refractivity contribution in [1.82, 2.24) is 16.0 Å². The minimum atomic E-state index is -0.757. The van der Waals surface area contributed by atoms with Crippen molar-refractivity contribution < 1.29 is 14.4 Å². The molecule has 1 rings (SSSR count). The molecule has 0 aromatic heterocycles. The summed E-state index contributed by atoms with van der Waals surface area (Å²) in [4.78, 5) is 34.4. The van der Waals surface area contributed by atoms with Crippen LogP contribution in [0.15, 0.2) is 30.3 Å². The molecule has 1 atom stereocenters.